The zero-order chi connectivity index (χ0) is 21.3. The van der Waals surface area contributed by atoms with Gasteiger partial charge in [0.15, 0.2) is 5.69 Å². The summed E-state index contributed by atoms with van der Waals surface area (Å²) < 4.78 is 11.6. The fourth-order valence-electron chi connectivity index (χ4n) is 2.79. The smallest absolute Gasteiger partial charge is 0.360 e. The lowest BCUT2D eigenvalue weighted by atomic mass is 10.1. The number of carbonyl (C=O) groups is 2. The van der Waals surface area contributed by atoms with E-state index in [0.29, 0.717) is 12.2 Å². The number of hydrogen-bond acceptors (Lipinski definition) is 6. The van der Waals surface area contributed by atoms with E-state index in [0.717, 1.165) is 22.6 Å². The highest BCUT2D eigenvalue weighted by molar-refractivity contribution is 8.00. The SMILES string of the molecule is COC(=O)c1nn(CCc2ccccc2)cc1NC(=O)CSc1cccc(OC)c1. The average Bonchev–Trinajstić information content (AvgIpc) is 3.19. The van der Waals surface area contributed by atoms with Crippen LogP contribution in [0.15, 0.2) is 65.7 Å². The van der Waals surface area contributed by atoms with Crippen LogP contribution in [0.4, 0.5) is 5.69 Å². The van der Waals surface area contributed by atoms with E-state index >= 15 is 0 Å². The van der Waals surface area contributed by atoms with Gasteiger partial charge in [-0.1, -0.05) is 36.4 Å². The fourth-order valence-corrected chi connectivity index (χ4v) is 3.53. The van der Waals surface area contributed by atoms with Crippen molar-refractivity contribution >= 4 is 29.3 Å². The van der Waals surface area contributed by atoms with E-state index in [1.54, 1.807) is 18.0 Å². The van der Waals surface area contributed by atoms with Crippen molar-refractivity contribution in [2.24, 2.45) is 0 Å². The van der Waals surface area contributed by atoms with Crippen molar-refractivity contribution in [1.29, 1.82) is 0 Å². The van der Waals surface area contributed by atoms with Crippen LogP contribution >= 0.6 is 11.8 Å². The Hall–Kier alpha value is -3.26. The van der Waals surface area contributed by atoms with Crippen molar-refractivity contribution in [3.05, 3.63) is 72.1 Å². The quantitative estimate of drug-likeness (QED) is 0.416. The molecular weight excluding hydrogens is 402 g/mol. The number of nitrogens with one attached hydrogen (secondary N) is 1. The van der Waals surface area contributed by atoms with Gasteiger partial charge in [-0.15, -0.1) is 11.8 Å². The second-order valence-electron chi connectivity index (χ2n) is 6.40. The number of benzene rings is 2. The van der Waals surface area contributed by atoms with Gasteiger partial charge in [-0.3, -0.25) is 9.48 Å². The second kappa shape index (κ2) is 10.5. The highest BCUT2D eigenvalue weighted by atomic mass is 32.2. The van der Waals surface area contributed by atoms with Crippen LogP contribution in [0.3, 0.4) is 0 Å². The summed E-state index contributed by atoms with van der Waals surface area (Å²) >= 11 is 1.38. The van der Waals surface area contributed by atoms with Gasteiger partial charge in [0.25, 0.3) is 0 Å². The number of carbonyl (C=O) groups excluding carboxylic acids is 2. The number of methoxy groups -OCH3 is 2. The number of ether oxygens (including phenoxy) is 2. The van der Waals surface area contributed by atoms with Crippen molar-refractivity contribution in [2.75, 3.05) is 25.3 Å². The highest BCUT2D eigenvalue weighted by Gasteiger charge is 2.19. The van der Waals surface area contributed by atoms with Gasteiger partial charge in [-0.2, -0.15) is 5.10 Å². The maximum absolute atomic E-state index is 12.4. The molecule has 1 aromatic heterocycles. The topological polar surface area (TPSA) is 82.5 Å². The lowest BCUT2D eigenvalue weighted by Crippen LogP contribution is -2.16. The molecule has 0 saturated carbocycles. The molecule has 30 heavy (non-hydrogen) atoms. The van der Waals surface area contributed by atoms with Crippen molar-refractivity contribution in [1.82, 2.24) is 9.78 Å². The summed E-state index contributed by atoms with van der Waals surface area (Å²) in [7, 11) is 2.88. The summed E-state index contributed by atoms with van der Waals surface area (Å²) in [5.41, 5.74) is 1.59. The molecule has 1 N–H and O–H groups in total. The summed E-state index contributed by atoms with van der Waals surface area (Å²) in [5, 5.41) is 7.06. The van der Waals surface area contributed by atoms with Gasteiger partial charge in [0.2, 0.25) is 5.91 Å². The molecule has 0 atom stereocenters. The molecular formula is C22H23N3O4S. The van der Waals surface area contributed by atoms with Crippen LogP contribution in [0.25, 0.3) is 0 Å². The van der Waals surface area contributed by atoms with E-state index in [2.05, 4.69) is 10.4 Å². The third-order valence-corrected chi connectivity index (χ3v) is 5.29. The fraction of sp³-hybridized carbons (Fsp3) is 0.227. The Morgan fingerprint density at radius 2 is 1.90 bits per heavy atom. The molecule has 2 aromatic carbocycles. The number of aryl methyl sites for hydroxylation is 2. The number of nitrogens with zero attached hydrogens (tertiary/aromatic N) is 2. The Kier molecular flexibility index (Phi) is 7.51. The first-order chi connectivity index (χ1) is 14.6. The standard InChI is InChI=1S/C22H23N3O4S/c1-28-17-9-6-10-18(13-17)30-15-20(26)23-19-14-25(24-21(19)22(27)29-2)12-11-16-7-4-3-5-8-16/h3-10,13-14H,11-12,15H2,1-2H3,(H,23,26). The predicted molar refractivity (Wildman–Crippen MR) is 116 cm³/mol. The number of amides is 1. The number of hydrogen-bond donors (Lipinski definition) is 1. The molecule has 3 rings (SSSR count). The van der Waals surface area contributed by atoms with E-state index in [1.807, 2.05) is 54.6 Å². The summed E-state index contributed by atoms with van der Waals surface area (Å²) in [6.07, 6.45) is 2.41. The van der Waals surface area contributed by atoms with Crippen LogP contribution in [-0.2, 0) is 22.5 Å². The zero-order valence-corrected chi connectivity index (χ0v) is 17.6. The minimum atomic E-state index is -0.593. The van der Waals surface area contributed by atoms with Gasteiger partial charge >= 0.3 is 5.97 Å². The molecule has 0 aliphatic heterocycles. The third-order valence-electron chi connectivity index (χ3n) is 4.30. The van der Waals surface area contributed by atoms with Crippen molar-refractivity contribution in [2.45, 2.75) is 17.9 Å². The largest absolute Gasteiger partial charge is 0.497 e. The maximum atomic E-state index is 12.4. The van der Waals surface area contributed by atoms with Crippen LogP contribution in [0.2, 0.25) is 0 Å². The molecule has 0 fully saturated rings. The molecule has 1 amide bonds. The Bertz CT molecular complexity index is 1000. The Morgan fingerprint density at radius 3 is 2.63 bits per heavy atom. The third kappa shape index (κ3) is 5.87. The first-order valence-corrected chi connectivity index (χ1v) is 10.3. The van der Waals surface area contributed by atoms with Crippen LogP contribution < -0.4 is 10.1 Å². The lowest BCUT2D eigenvalue weighted by Gasteiger charge is -2.06. The van der Waals surface area contributed by atoms with Gasteiger partial charge in [0.1, 0.15) is 5.75 Å². The van der Waals surface area contributed by atoms with E-state index in [4.69, 9.17) is 9.47 Å². The van der Waals surface area contributed by atoms with Crippen molar-refractivity contribution < 1.29 is 19.1 Å². The predicted octanol–water partition coefficient (Wildman–Crippen LogP) is 3.65. The van der Waals surface area contributed by atoms with Crippen LogP contribution in [0, 0.1) is 0 Å². The number of anilines is 1. The minimum absolute atomic E-state index is 0.0882. The summed E-state index contributed by atoms with van der Waals surface area (Å²) in [4.78, 5) is 25.4. The summed E-state index contributed by atoms with van der Waals surface area (Å²) in [6, 6.07) is 17.5. The molecule has 0 radical (unpaired) electrons. The maximum Gasteiger partial charge on any atom is 0.360 e. The van der Waals surface area contributed by atoms with Crippen LogP contribution in [0.1, 0.15) is 16.1 Å². The molecule has 0 saturated heterocycles. The highest BCUT2D eigenvalue weighted by Crippen LogP contribution is 2.23. The molecule has 8 heteroatoms. The first-order valence-electron chi connectivity index (χ1n) is 9.35. The van der Waals surface area contributed by atoms with Gasteiger partial charge in [-0.25, -0.2) is 4.79 Å². The monoisotopic (exact) mass is 425 g/mol. The van der Waals surface area contributed by atoms with Gasteiger partial charge in [0.05, 0.1) is 25.7 Å². The molecule has 3 aromatic rings. The molecule has 0 aliphatic rings. The van der Waals surface area contributed by atoms with Crippen molar-refractivity contribution in [3.63, 3.8) is 0 Å². The first kappa shape index (κ1) is 21.4. The Morgan fingerprint density at radius 1 is 1.10 bits per heavy atom. The van der Waals surface area contributed by atoms with E-state index in [-0.39, 0.29) is 17.4 Å². The second-order valence-corrected chi connectivity index (χ2v) is 7.45. The molecule has 156 valence electrons. The Labute approximate surface area is 179 Å². The van der Waals surface area contributed by atoms with Crippen LogP contribution in [-0.4, -0.2) is 41.6 Å². The van der Waals surface area contributed by atoms with Gasteiger partial charge < -0.3 is 14.8 Å². The van der Waals surface area contributed by atoms with Crippen LogP contribution in [0.5, 0.6) is 5.75 Å². The molecule has 1 heterocycles. The zero-order valence-electron chi connectivity index (χ0n) is 16.8. The Balaban J connectivity index is 1.64. The number of rotatable bonds is 9. The van der Waals surface area contributed by atoms with E-state index in [9.17, 15) is 9.59 Å². The average molecular weight is 426 g/mol. The minimum Gasteiger partial charge on any atom is -0.497 e. The number of esters is 1. The molecule has 0 aliphatic carbocycles. The van der Waals surface area contributed by atoms with Crippen molar-refractivity contribution in [3.8, 4) is 5.75 Å². The molecule has 7 nitrogen and oxygen atoms in total. The summed E-state index contributed by atoms with van der Waals surface area (Å²) in [5.74, 6) is 0.0797. The summed E-state index contributed by atoms with van der Waals surface area (Å²) in [6.45, 7) is 0.572. The van der Waals surface area contributed by atoms with E-state index < -0.39 is 5.97 Å². The van der Waals surface area contributed by atoms with E-state index in [1.165, 1.54) is 18.9 Å². The normalized spacial score (nSPS) is 10.5. The molecule has 0 bridgehead atoms. The molecule has 0 spiro atoms. The lowest BCUT2D eigenvalue weighted by molar-refractivity contribution is -0.113. The van der Waals surface area contributed by atoms with Gasteiger partial charge in [0, 0.05) is 17.6 Å². The molecule has 0 unspecified atom stereocenters. The van der Waals surface area contributed by atoms with Gasteiger partial charge in [-0.05, 0) is 30.2 Å². The number of thioether (sulfide) groups is 1. The number of aromatic nitrogens is 2.